The molecule has 0 fully saturated rings. The highest BCUT2D eigenvalue weighted by atomic mass is 16.5. The maximum absolute atomic E-state index is 5.65. The van der Waals surface area contributed by atoms with Gasteiger partial charge < -0.3 is 4.74 Å². The van der Waals surface area contributed by atoms with Crippen LogP contribution in [0.3, 0.4) is 0 Å². The van der Waals surface area contributed by atoms with Crippen LogP contribution in [0.5, 0.6) is 0 Å². The molecule has 5 heteroatoms. The van der Waals surface area contributed by atoms with Gasteiger partial charge in [-0.25, -0.2) is 9.97 Å². The summed E-state index contributed by atoms with van der Waals surface area (Å²) in [6, 6.07) is 0. The van der Waals surface area contributed by atoms with Crippen molar-refractivity contribution in [2.45, 2.75) is 0 Å². The lowest BCUT2D eigenvalue weighted by Crippen LogP contribution is -2.29. The molecule has 0 bridgehead atoms. The van der Waals surface area contributed by atoms with Crippen LogP contribution in [-0.4, -0.2) is 29.8 Å². The van der Waals surface area contributed by atoms with E-state index in [1.165, 1.54) is 6.33 Å². The van der Waals surface area contributed by atoms with Crippen LogP contribution in [-0.2, 0) is 4.74 Å². The summed E-state index contributed by atoms with van der Waals surface area (Å²) in [7, 11) is 1.69. The zero-order chi connectivity index (χ0) is 13.7. The van der Waals surface area contributed by atoms with Crippen LogP contribution < -0.4 is 10.7 Å². The van der Waals surface area contributed by atoms with Gasteiger partial charge >= 0.3 is 0 Å². The lowest BCUT2D eigenvalue weighted by molar-refractivity contribution is 0.342. The summed E-state index contributed by atoms with van der Waals surface area (Å²) in [5.74, 6) is 1.07. The van der Waals surface area contributed by atoms with Crippen LogP contribution in [0.1, 0.15) is 0 Å². The molecule has 96 valence electrons. The molecule has 1 aromatic rings. The summed E-state index contributed by atoms with van der Waals surface area (Å²) >= 11 is 0. The standard InChI is InChI=1S/C14H14N4O/c1-4-13-12(6-15-3)8-17-14-11(5-10(2)19-13)7-16-9-18-14/h4-7,9H,1-2,8H2,3H3/b11-5-,13-12-,15-6-,17-14+. The lowest BCUT2D eigenvalue weighted by Gasteiger charge is -2.08. The molecule has 0 radical (unpaired) electrons. The van der Waals surface area contributed by atoms with E-state index < -0.39 is 0 Å². The van der Waals surface area contributed by atoms with Gasteiger partial charge in [0.2, 0.25) is 0 Å². The second-order valence-corrected chi connectivity index (χ2v) is 3.81. The van der Waals surface area contributed by atoms with E-state index in [0.717, 1.165) is 10.8 Å². The second-order valence-electron chi connectivity index (χ2n) is 3.81. The molecule has 0 N–H and O–H groups in total. The molecule has 0 amide bonds. The van der Waals surface area contributed by atoms with Gasteiger partial charge in [0.05, 0.1) is 6.54 Å². The molecule has 0 saturated heterocycles. The van der Waals surface area contributed by atoms with Gasteiger partial charge in [-0.3, -0.25) is 9.98 Å². The van der Waals surface area contributed by atoms with Crippen molar-refractivity contribution >= 4 is 12.3 Å². The molecule has 0 spiro atoms. The van der Waals surface area contributed by atoms with Crippen molar-refractivity contribution < 1.29 is 4.74 Å². The molecular weight excluding hydrogens is 240 g/mol. The number of ether oxygens (including phenoxy) is 1. The SMILES string of the molecule is C=C/C1=C(\C=N/C)C/N=c2/ncnc/c2=C/C(=C)O1. The van der Waals surface area contributed by atoms with Crippen molar-refractivity contribution in [3.8, 4) is 0 Å². The van der Waals surface area contributed by atoms with Crippen molar-refractivity contribution in [1.82, 2.24) is 9.97 Å². The molecular formula is C14H14N4O. The van der Waals surface area contributed by atoms with Crippen LogP contribution in [0.25, 0.3) is 6.08 Å². The van der Waals surface area contributed by atoms with E-state index in [9.17, 15) is 0 Å². The van der Waals surface area contributed by atoms with E-state index in [2.05, 4.69) is 33.1 Å². The van der Waals surface area contributed by atoms with Crippen molar-refractivity contribution in [2.75, 3.05) is 13.6 Å². The number of hydrogen-bond acceptors (Lipinski definition) is 5. The first kappa shape index (κ1) is 12.9. The number of aromatic nitrogens is 2. The van der Waals surface area contributed by atoms with Crippen LogP contribution >= 0.6 is 0 Å². The van der Waals surface area contributed by atoms with E-state index in [0.29, 0.717) is 23.6 Å². The van der Waals surface area contributed by atoms with Gasteiger partial charge in [-0.05, 0) is 12.2 Å². The van der Waals surface area contributed by atoms with Crippen molar-refractivity contribution in [1.29, 1.82) is 0 Å². The third-order valence-corrected chi connectivity index (χ3v) is 2.46. The Balaban J connectivity index is 2.62. The molecule has 0 unspecified atom stereocenters. The summed E-state index contributed by atoms with van der Waals surface area (Å²) < 4.78 is 5.65. The van der Waals surface area contributed by atoms with Gasteiger partial charge in [-0.15, -0.1) is 0 Å². The van der Waals surface area contributed by atoms with Gasteiger partial charge in [-0.1, -0.05) is 13.2 Å². The third-order valence-electron chi connectivity index (χ3n) is 2.46. The Morgan fingerprint density at radius 2 is 2.32 bits per heavy atom. The maximum atomic E-state index is 5.65. The van der Waals surface area contributed by atoms with Crippen molar-refractivity contribution in [3.05, 3.63) is 59.6 Å². The molecule has 0 aromatic carbocycles. The lowest BCUT2D eigenvalue weighted by atomic mass is 10.2. The van der Waals surface area contributed by atoms with Gasteiger partial charge in [-0.2, -0.15) is 0 Å². The van der Waals surface area contributed by atoms with Crippen LogP contribution in [0.15, 0.2) is 58.8 Å². The van der Waals surface area contributed by atoms with E-state index in [1.54, 1.807) is 31.6 Å². The Bertz CT molecular complexity index is 686. The summed E-state index contributed by atoms with van der Waals surface area (Å²) in [5.41, 5.74) is 1.42. The Morgan fingerprint density at radius 1 is 1.47 bits per heavy atom. The van der Waals surface area contributed by atoms with Crippen molar-refractivity contribution in [2.24, 2.45) is 9.98 Å². The highest BCUT2D eigenvalue weighted by molar-refractivity contribution is 5.80. The zero-order valence-corrected chi connectivity index (χ0v) is 10.7. The monoisotopic (exact) mass is 254 g/mol. The fourth-order valence-electron chi connectivity index (χ4n) is 1.65. The Hall–Kier alpha value is -2.56. The molecule has 0 atom stereocenters. The summed E-state index contributed by atoms with van der Waals surface area (Å²) in [6.45, 7) is 7.99. The smallest absolute Gasteiger partial charge is 0.158 e. The molecule has 0 saturated carbocycles. The molecule has 0 aliphatic carbocycles. The zero-order valence-electron chi connectivity index (χ0n) is 10.7. The number of nitrogens with zero attached hydrogens (tertiary/aromatic N) is 4. The number of aliphatic imine (C=N–C) groups is 1. The molecule has 2 heterocycles. The van der Waals surface area contributed by atoms with Crippen LogP contribution in [0.2, 0.25) is 0 Å². The fraction of sp³-hybridized carbons (Fsp3) is 0.143. The quantitative estimate of drug-likeness (QED) is 0.725. The Labute approximate surface area is 111 Å². The van der Waals surface area contributed by atoms with E-state index in [-0.39, 0.29) is 0 Å². The molecule has 1 aliphatic rings. The maximum Gasteiger partial charge on any atom is 0.158 e. The average molecular weight is 254 g/mol. The summed E-state index contributed by atoms with van der Waals surface area (Å²) in [6.07, 6.45) is 8.19. The van der Waals surface area contributed by atoms with Gasteiger partial charge in [0.25, 0.3) is 0 Å². The van der Waals surface area contributed by atoms with Gasteiger partial charge in [0.15, 0.2) is 5.49 Å². The minimum absolute atomic E-state index is 0.407. The molecule has 2 rings (SSSR count). The Morgan fingerprint density at radius 3 is 3.05 bits per heavy atom. The predicted octanol–water partition coefficient (Wildman–Crippen LogP) is 0.561. The van der Waals surface area contributed by atoms with Crippen LogP contribution in [0, 0.1) is 0 Å². The number of rotatable bonds is 2. The minimum atomic E-state index is 0.407. The van der Waals surface area contributed by atoms with Gasteiger partial charge in [0.1, 0.15) is 17.8 Å². The molecule has 19 heavy (non-hydrogen) atoms. The van der Waals surface area contributed by atoms with E-state index >= 15 is 0 Å². The predicted molar refractivity (Wildman–Crippen MR) is 74.0 cm³/mol. The average Bonchev–Trinajstić information content (AvgIpc) is 2.48. The van der Waals surface area contributed by atoms with E-state index in [4.69, 9.17) is 4.74 Å². The number of fused-ring (bicyclic) bond motifs is 1. The normalized spacial score (nSPS) is 22.9. The van der Waals surface area contributed by atoms with Crippen LogP contribution in [0.4, 0.5) is 0 Å². The highest BCUT2D eigenvalue weighted by Crippen LogP contribution is 2.12. The topological polar surface area (TPSA) is 59.7 Å². The Kier molecular flexibility index (Phi) is 3.97. The minimum Gasteiger partial charge on any atom is -0.458 e. The van der Waals surface area contributed by atoms with Crippen molar-refractivity contribution in [3.63, 3.8) is 0 Å². The largest absolute Gasteiger partial charge is 0.458 e. The molecule has 5 nitrogen and oxygen atoms in total. The fourth-order valence-corrected chi connectivity index (χ4v) is 1.65. The third kappa shape index (κ3) is 3.01. The van der Waals surface area contributed by atoms with E-state index in [1.807, 2.05) is 0 Å². The second kappa shape index (κ2) is 5.86. The summed E-state index contributed by atoms with van der Waals surface area (Å²) in [5, 5.41) is 0.769. The molecule has 1 aromatic heterocycles. The first-order chi connectivity index (χ1) is 9.24. The first-order valence-corrected chi connectivity index (χ1v) is 5.71. The highest BCUT2D eigenvalue weighted by Gasteiger charge is 2.06. The first-order valence-electron chi connectivity index (χ1n) is 5.71. The molecule has 1 aliphatic heterocycles. The van der Waals surface area contributed by atoms with Gasteiger partial charge in [0, 0.05) is 30.3 Å². The summed E-state index contributed by atoms with van der Waals surface area (Å²) in [4.78, 5) is 16.6. The number of allylic oxidation sites excluding steroid dienone is 2. The number of hydrogen-bond donors (Lipinski definition) is 0.